The van der Waals surface area contributed by atoms with Gasteiger partial charge in [-0.15, -0.1) is 0 Å². The Morgan fingerprint density at radius 2 is 1.97 bits per heavy atom. The summed E-state index contributed by atoms with van der Waals surface area (Å²) in [5, 5.41) is 7.87. The summed E-state index contributed by atoms with van der Waals surface area (Å²) in [6, 6.07) is 12.9. The van der Waals surface area contributed by atoms with Crippen molar-refractivity contribution in [2.24, 2.45) is 5.92 Å². The molecule has 1 aliphatic heterocycles. The lowest BCUT2D eigenvalue weighted by Gasteiger charge is -2.31. The molecule has 1 atom stereocenters. The van der Waals surface area contributed by atoms with E-state index in [1.807, 2.05) is 43.3 Å². The minimum Gasteiger partial charge on any atom is -0.383 e. The number of halogens is 1. The highest BCUT2D eigenvalue weighted by Crippen LogP contribution is 2.27. The van der Waals surface area contributed by atoms with E-state index >= 15 is 0 Å². The average molecular weight is 501 g/mol. The number of carbonyl (C=O) groups excluding carboxylic acids is 1. The van der Waals surface area contributed by atoms with E-state index in [0.717, 1.165) is 22.2 Å². The molecule has 4 rings (SSSR count). The standard InChI is InChI=1S/C25H29ClN4O3S/c1-17-5-6-18(2)24(14-17)34(32,33)30-13-3-4-19(16-30)25(31)29-12-11-28-22-9-10-27-23-15-20(26)7-8-21(22)23/h5-10,14-15,19H,3-4,11-13,16H2,1-2H3,(H,27,28)(H,29,31)/t19-/m0/s1. The molecule has 2 aromatic carbocycles. The second kappa shape index (κ2) is 10.3. The number of fused-ring (bicyclic) bond motifs is 1. The van der Waals surface area contributed by atoms with Crippen molar-refractivity contribution in [2.75, 3.05) is 31.5 Å². The predicted molar refractivity (Wildman–Crippen MR) is 136 cm³/mol. The quantitative estimate of drug-likeness (QED) is 0.476. The number of rotatable bonds is 7. The Balaban J connectivity index is 1.34. The highest BCUT2D eigenvalue weighted by molar-refractivity contribution is 7.89. The van der Waals surface area contributed by atoms with E-state index in [0.29, 0.717) is 48.0 Å². The molecule has 1 aromatic heterocycles. The third-order valence-corrected chi connectivity index (χ3v) is 8.40. The van der Waals surface area contributed by atoms with Gasteiger partial charge >= 0.3 is 0 Å². The van der Waals surface area contributed by atoms with Gasteiger partial charge < -0.3 is 10.6 Å². The maximum Gasteiger partial charge on any atom is 0.243 e. The SMILES string of the molecule is Cc1ccc(C)c(S(=O)(=O)N2CCC[C@H](C(=O)NCCNc3ccnc4cc(Cl)ccc34)C2)c1. The van der Waals surface area contributed by atoms with Crippen molar-refractivity contribution in [3.8, 4) is 0 Å². The molecule has 2 N–H and O–H groups in total. The first-order valence-corrected chi connectivity index (χ1v) is 13.2. The van der Waals surface area contributed by atoms with Gasteiger partial charge in [-0.05, 0) is 68.1 Å². The Morgan fingerprint density at radius 3 is 2.79 bits per heavy atom. The lowest BCUT2D eigenvalue weighted by atomic mass is 9.99. The van der Waals surface area contributed by atoms with Crippen LogP contribution in [0.1, 0.15) is 24.0 Å². The third kappa shape index (κ3) is 5.35. The first-order chi connectivity index (χ1) is 16.3. The summed E-state index contributed by atoms with van der Waals surface area (Å²) in [6.45, 7) is 5.27. The van der Waals surface area contributed by atoms with Crippen LogP contribution in [0.5, 0.6) is 0 Å². The van der Waals surface area contributed by atoms with Gasteiger partial charge in [0.2, 0.25) is 15.9 Å². The number of hydrogen-bond acceptors (Lipinski definition) is 5. The first-order valence-electron chi connectivity index (χ1n) is 11.4. The van der Waals surface area contributed by atoms with Crippen molar-refractivity contribution in [3.63, 3.8) is 0 Å². The molecule has 1 saturated heterocycles. The smallest absolute Gasteiger partial charge is 0.243 e. The third-order valence-electron chi connectivity index (χ3n) is 6.16. The van der Waals surface area contributed by atoms with Gasteiger partial charge in [-0.25, -0.2) is 8.42 Å². The number of amides is 1. The van der Waals surface area contributed by atoms with Gasteiger partial charge in [0.15, 0.2) is 0 Å². The predicted octanol–water partition coefficient (Wildman–Crippen LogP) is 4.13. The number of anilines is 1. The van der Waals surface area contributed by atoms with Crippen LogP contribution in [-0.2, 0) is 14.8 Å². The van der Waals surface area contributed by atoms with Crippen LogP contribution < -0.4 is 10.6 Å². The topological polar surface area (TPSA) is 91.4 Å². The molecule has 1 aliphatic rings. The maximum atomic E-state index is 13.2. The van der Waals surface area contributed by atoms with Crippen molar-refractivity contribution < 1.29 is 13.2 Å². The molecule has 180 valence electrons. The summed E-state index contributed by atoms with van der Waals surface area (Å²) in [7, 11) is -3.64. The number of piperidine rings is 1. The van der Waals surface area contributed by atoms with E-state index in [-0.39, 0.29) is 18.4 Å². The fraction of sp³-hybridized carbons (Fsp3) is 0.360. The van der Waals surface area contributed by atoms with Crippen LogP contribution in [0.4, 0.5) is 5.69 Å². The average Bonchev–Trinajstić information content (AvgIpc) is 2.83. The van der Waals surface area contributed by atoms with Crippen LogP contribution in [0, 0.1) is 19.8 Å². The lowest BCUT2D eigenvalue weighted by Crippen LogP contribution is -2.46. The number of benzene rings is 2. The molecule has 0 aliphatic carbocycles. The van der Waals surface area contributed by atoms with Crippen molar-refractivity contribution in [2.45, 2.75) is 31.6 Å². The molecular formula is C25H29ClN4O3S. The monoisotopic (exact) mass is 500 g/mol. The van der Waals surface area contributed by atoms with Crippen LogP contribution in [0.25, 0.3) is 10.9 Å². The zero-order valence-electron chi connectivity index (χ0n) is 19.3. The van der Waals surface area contributed by atoms with Crippen molar-refractivity contribution >= 4 is 44.1 Å². The van der Waals surface area contributed by atoms with E-state index in [1.54, 1.807) is 19.2 Å². The number of aromatic nitrogens is 1. The van der Waals surface area contributed by atoms with E-state index in [9.17, 15) is 13.2 Å². The van der Waals surface area contributed by atoms with Gasteiger partial charge in [-0.1, -0.05) is 23.7 Å². The molecule has 3 aromatic rings. The molecule has 9 heteroatoms. The van der Waals surface area contributed by atoms with E-state index < -0.39 is 10.0 Å². The van der Waals surface area contributed by atoms with Crippen molar-refractivity contribution in [3.05, 3.63) is 64.8 Å². The van der Waals surface area contributed by atoms with Crippen molar-refractivity contribution in [1.82, 2.24) is 14.6 Å². The Hall–Kier alpha value is -2.68. The Morgan fingerprint density at radius 1 is 1.15 bits per heavy atom. The van der Waals surface area contributed by atoms with Gasteiger partial charge in [0.1, 0.15) is 0 Å². The summed E-state index contributed by atoms with van der Waals surface area (Å²) in [5.74, 6) is -0.480. The molecule has 1 amide bonds. The van der Waals surface area contributed by atoms with E-state index in [1.165, 1.54) is 4.31 Å². The highest BCUT2D eigenvalue weighted by Gasteiger charge is 2.33. The number of sulfonamides is 1. The molecule has 34 heavy (non-hydrogen) atoms. The molecule has 0 unspecified atom stereocenters. The molecular weight excluding hydrogens is 472 g/mol. The van der Waals surface area contributed by atoms with Crippen LogP contribution in [0.15, 0.2) is 53.6 Å². The lowest BCUT2D eigenvalue weighted by molar-refractivity contribution is -0.125. The summed E-state index contributed by atoms with van der Waals surface area (Å²) in [6.07, 6.45) is 3.05. The van der Waals surface area contributed by atoms with E-state index in [4.69, 9.17) is 11.6 Å². The Labute approximate surface area is 205 Å². The summed E-state index contributed by atoms with van der Waals surface area (Å²) in [4.78, 5) is 17.5. The number of aryl methyl sites for hydroxylation is 2. The first kappa shape index (κ1) is 24.4. The van der Waals surface area contributed by atoms with Gasteiger partial charge in [0.25, 0.3) is 0 Å². The fourth-order valence-electron chi connectivity index (χ4n) is 4.30. The summed E-state index contributed by atoms with van der Waals surface area (Å²) >= 11 is 6.05. The molecule has 0 bridgehead atoms. The molecule has 2 heterocycles. The Kier molecular flexibility index (Phi) is 7.40. The highest BCUT2D eigenvalue weighted by atomic mass is 35.5. The summed E-state index contributed by atoms with van der Waals surface area (Å²) < 4.78 is 27.9. The summed E-state index contributed by atoms with van der Waals surface area (Å²) in [5.41, 5.74) is 3.33. The zero-order valence-corrected chi connectivity index (χ0v) is 20.9. The number of nitrogens with zero attached hydrogens (tertiary/aromatic N) is 2. The minimum atomic E-state index is -3.64. The minimum absolute atomic E-state index is 0.117. The number of nitrogens with one attached hydrogen (secondary N) is 2. The molecule has 0 saturated carbocycles. The maximum absolute atomic E-state index is 13.2. The van der Waals surface area contributed by atoms with Crippen LogP contribution in [-0.4, -0.2) is 49.8 Å². The zero-order chi connectivity index (χ0) is 24.3. The number of hydrogen-bond donors (Lipinski definition) is 2. The van der Waals surface area contributed by atoms with Gasteiger partial charge in [-0.3, -0.25) is 9.78 Å². The molecule has 0 radical (unpaired) electrons. The second-order valence-corrected chi connectivity index (χ2v) is 11.1. The van der Waals surface area contributed by atoms with Crippen LogP contribution in [0.2, 0.25) is 5.02 Å². The number of pyridine rings is 1. The second-order valence-electron chi connectivity index (χ2n) is 8.71. The van der Waals surface area contributed by atoms with Gasteiger partial charge in [0, 0.05) is 48.5 Å². The molecule has 1 fully saturated rings. The fourth-order valence-corrected chi connectivity index (χ4v) is 6.30. The van der Waals surface area contributed by atoms with Crippen molar-refractivity contribution in [1.29, 1.82) is 0 Å². The normalized spacial score (nSPS) is 17.0. The van der Waals surface area contributed by atoms with Crippen LogP contribution in [0.3, 0.4) is 0 Å². The molecule has 0 spiro atoms. The largest absolute Gasteiger partial charge is 0.383 e. The van der Waals surface area contributed by atoms with Crippen LogP contribution >= 0.6 is 11.6 Å². The molecule has 7 nitrogen and oxygen atoms in total. The van der Waals surface area contributed by atoms with Gasteiger partial charge in [-0.2, -0.15) is 4.31 Å². The van der Waals surface area contributed by atoms with Gasteiger partial charge in [0.05, 0.1) is 16.3 Å². The Bertz CT molecular complexity index is 1310. The van der Waals surface area contributed by atoms with E-state index in [2.05, 4.69) is 15.6 Å². The number of carbonyl (C=O) groups is 1.